The molecular weight excluding hydrogens is 366 g/mol. The topological polar surface area (TPSA) is 111 Å². The van der Waals surface area contributed by atoms with Gasteiger partial charge in [0.1, 0.15) is 6.04 Å². The van der Waals surface area contributed by atoms with E-state index < -0.39 is 16.9 Å². The van der Waals surface area contributed by atoms with Crippen molar-refractivity contribution in [3.8, 4) is 11.5 Å². The molecule has 0 unspecified atom stereocenters. The van der Waals surface area contributed by atoms with Crippen molar-refractivity contribution in [1.82, 2.24) is 10.2 Å². The van der Waals surface area contributed by atoms with Gasteiger partial charge in [0.2, 0.25) is 12.7 Å². The second-order valence-electron chi connectivity index (χ2n) is 6.38. The normalized spacial score (nSPS) is 12.9. The molecule has 0 bridgehead atoms. The zero-order valence-electron chi connectivity index (χ0n) is 15.4. The van der Waals surface area contributed by atoms with Crippen molar-refractivity contribution in [3.05, 3.63) is 63.7 Å². The number of hydrogen-bond donors (Lipinski definition) is 1. The molecule has 1 N–H and O–H groups in total. The first-order chi connectivity index (χ1) is 13.3. The number of nitrogens with zero attached hydrogens (tertiary/aromatic N) is 2. The molecule has 1 aliphatic heterocycles. The molecular formula is C19H19N3O6. The maximum absolute atomic E-state index is 12.6. The molecule has 9 nitrogen and oxygen atoms in total. The molecule has 1 aliphatic rings. The maximum Gasteiger partial charge on any atom is 0.270 e. The third kappa shape index (κ3) is 4.20. The van der Waals surface area contributed by atoms with E-state index in [1.54, 1.807) is 26.1 Å². The van der Waals surface area contributed by atoms with Crippen LogP contribution in [0.1, 0.15) is 22.8 Å². The summed E-state index contributed by atoms with van der Waals surface area (Å²) in [5, 5.41) is 13.4. The number of carbonyl (C=O) groups is 2. The van der Waals surface area contributed by atoms with Gasteiger partial charge in [-0.15, -0.1) is 0 Å². The first kappa shape index (κ1) is 19.2. The molecule has 0 saturated carbocycles. The highest BCUT2D eigenvalue weighted by Gasteiger charge is 2.22. The third-order valence-electron chi connectivity index (χ3n) is 4.27. The number of carbonyl (C=O) groups excluding carboxylic acids is 2. The zero-order valence-corrected chi connectivity index (χ0v) is 15.4. The number of hydrogen-bond acceptors (Lipinski definition) is 6. The summed E-state index contributed by atoms with van der Waals surface area (Å²) in [6.07, 6.45) is 0. The number of likely N-dealkylation sites (N-methyl/N-ethyl adjacent to an activating group) is 1. The Balaban J connectivity index is 1.61. The molecule has 0 spiro atoms. The molecule has 9 heteroatoms. The van der Waals surface area contributed by atoms with Gasteiger partial charge in [-0.3, -0.25) is 19.7 Å². The Morgan fingerprint density at radius 3 is 2.71 bits per heavy atom. The van der Waals surface area contributed by atoms with Crippen molar-refractivity contribution in [2.45, 2.75) is 19.5 Å². The van der Waals surface area contributed by atoms with Gasteiger partial charge in [-0.2, -0.15) is 0 Å². The Bertz CT molecular complexity index is 930. The summed E-state index contributed by atoms with van der Waals surface area (Å²) < 4.78 is 10.6. The van der Waals surface area contributed by atoms with Gasteiger partial charge in [0.05, 0.1) is 4.92 Å². The molecule has 0 saturated heterocycles. The molecule has 28 heavy (non-hydrogen) atoms. The Morgan fingerprint density at radius 2 is 1.96 bits per heavy atom. The van der Waals surface area contributed by atoms with Crippen LogP contribution in [0.5, 0.6) is 11.5 Å². The van der Waals surface area contributed by atoms with Crippen molar-refractivity contribution >= 4 is 17.5 Å². The summed E-state index contributed by atoms with van der Waals surface area (Å²) >= 11 is 0. The number of amides is 2. The van der Waals surface area contributed by atoms with Gasteiger partial charge in [0.15, 0.2) is 11.5 Å². The molecule has 146 valence electrons. The zero-order chi connectivity index (χ0) is 20.3. The molecule has 3 rings (SSSR count). The van der Waals surface area contributed by atoms with E-state index in [0.717, 1.165) is 5.56 Å². The number of nitro benzene ring substituents is 1. The lowest BCUT2D eigenvalue weighted by Crippen LogP contribution is -2.45. The molecule has 0 aromatic heterocycles. The van der Waals surface area contributed by atoms with Gasteiger partial charge in [0.25, 0.3) is 11.6 Å². The van der Waals surface area contributed by atoms with Crippen LogP contribution >= 0.6 is 0 Å². The van der Waals surface area contributed by atoms with E-state index in [2.05, 4.69) is 5.32 Å². The number of non-ortho nitro benzene ring substituents is 1. The van der Waals surface area contributed by atoms with Crippen LogP contribution in [0.3, 0.4) is 0 Å². The van der Waals surface area contributed by atoms with Gasteiger partial charge in [0, 0.05) is 31.3 Å². The monoisotopic (exact) mass is 385 g/mol. The predicted octanol–water partition coefficient (Wildman–Crippen LogP) is 2.10. The van der Waals surface area contributed by atoms with Gasteiger partial charge < -0.3 is 19.7 Å². The quantitative estimate of drug-likeness (QED) is 0.602. The minimum absolute atomic E-state index is 0.118. The van der Waals surface area contributed by atoms with E-state index in [1.807, 2.05) is 6.07 Å². The van der Waals surface area contributed by atoms with Crippen LogP contribution in [0.2, 0.25) is 0 Å². The summed E-state index contributed by atoms with van der Waals surface area (Å²) in [6, 6.07) is 9.96. The molecule has 2 aromatic rings. The summed E-state index contributed by atoms with van der Waals surface area (Å²) in [5.41, 5.74) is 0.788. The second kappa shape index (κ2) is 7.95. The van der Waals surface area contributed by atoms with Crippen molar-refractivity contribution < 1.29 is 24.0 Å². The predicted molar refractivity (Wildman–Crippen MR) is 99.1 cm³/mol. The van der Waals surface area contributed by atoms with Crippen molar-refractivity contribution in [3.63, 3.8) is 0 Å². The fourth-order valence-electron chi connectivity index (χ4n) is 2.82. The lowest BCUT2D eigenvalue weighted by molar-refractivity contribution is -0.384. The fourth-order valence-corrected chi connectivity index (χ4v) is 2.82. The third-order valence-corrected chi connectivity index (χ3v) is 4.27. The van der Waals surface area contributed by atoms with Crippen LogP contribution in [0.4, 0.5) is 5.69 Å². The van der Waals surface area contributed by atoms with Gasteiger partial charge in [-0.25, -0.2) is 0 Å². The average Bonchev–Trinajstić information content (AvgIpc) is 3.15. The highest BCUT2D eigenvalue weighted by atomic mass is 16.7. The van der Waals surface area contributed by atoms with Crippen molar-refractivity contribution in [2.24, 2.45) is 0 Å². The van der Waals surface area contributed by atoms with Gasteiger partial charge >= 0.3 is 0 Å². The van der Waals surface area contributed by atoms with Crippen LogP contribution in [0.15, 0.2) is 42.5 Å². The second-order valence-corrected chi connectivity index (χ2v) is 6.38. The molecule has 0 aliphatic carbocycles. The van der Waals surface area contributed by atoms with Crippen molar-refractivity contribution in [1.29, 1.82) is 0 Å². The van der Waals surface area contributed by atoms with E-state index in [1.165, 1.54) is 29.2 Å². The molecule has 2 aromatic carbocycles. The van der Waals surface area contributed by atoms with Crippen molar-refractivity contribution in [2.75, 3.05) is 13.8 Å². The van der Waals surface area contributed by atoms with Crippen LogP contribution in [0.25, 0.3) is 0 Å². The maximum atomic E-state index is 12.6. The first-order valence-electron chi connectivity index (χ1n) is 8.54. The van der Waals surface area contributed by atoms with E-state index in [-0.39, 0.29) is 24.0 Å². The average molecular weight is 385 g/mol. The minimum atomic E-state index is -0.800. The molecule has 1 atom stereocenters. The van der Waals surface area contributed by atoms with E-state index in [9.17, 15) is 19.7 Å². The number of nitrogens with one attached hydrogen (secondary N) is 1. The first-order valence-corrected chi connectivity index (χ1v) is 8.54. The summed E-state index contributed by atoms with van der Waals surface area (Å²) in [5.74, 6) is 0.443. The van der Waals surface area contributed by atoms with E-state index in [0.29, 0.717) is 18.0 Å². The fraction of sp³-hybridized carbons (Fsp3) is 0.263. The highest BCUT2D eigenvalue weighted by molar-refractivity contribution is 5.97. The number of rotatable bonds is 6. The Labute approximate surface area is 161 Å². The lowest BCUT2D eigenvalue weighted by atomic mass is 10.1. The Hall–Kier alpha value is -3.62. The lowest BCUT2D eigenvalue weighted by Gasteiger charge is -2.22. The molecule has 2 amide bonds. The number of ether oxygens (including phenoxy) is 2. The number of fused-ring (bicyclic) bond motifs is 1. The van der Waals surface area contributed by atoms with Gasteiger partial charge in [-0.1, -0.05) is 12.1 Å². The van der Waals surface area contributed by atoms with Crippen LogP contribution < -0.4 is 14.8 Å². The number of nitro groups is 1. The smallest absolute Gasteiger partial charge is 0.270 e. The van der Waals surface area contributed by atoms with Crippen LogP contribution in [-0.2, 0) is 11.3 Å². The summed E-state index contributed by atoms with van der Waals surface area (Å²) in [6.45, 7) is 2.06. The molecule has 0 radical (unpaired) electrons. The van der Waals surface area contributed by atoms with E-state index in [4.69, 9.17) is 9.47 Å². The molecule has 1 heterocycles. The van der Waals surface area contributed by atoms with Crippen LogP contribution in [0, 0.1) is 10.1 Å². The standard InChI is InChI=1S/C19H19N3O6/c1-12(20-18(23)14-4-3-5-15(9-14)22(25)26)19(24)21(2)10-13-6-7-16-17(8-13)28-11-27-16/h3-9,12H,10-11H2,1-2H3,(H,20,23)/t12-/m1/s1. The summed E-state index contributed by atoms with van der Waals surface area (Å²) in [4.78, 5) is 36.6. The van der Waals surface area contributed by atoms with Gasteiger partial charge in [-0.05, 0) is 30.7 Å². The minimum Gasteiger partial charge on any atom is -0.454 e. The highest BCUT2D eigenvalue weighted by Crippen LogP contribution is 2.32. The van der Waals surface area contributed by atoms with E-state index >= 15 is 0 Å². The Kier molecular flexibility index (Phi) is 5.44. The van der Waals surface area contributed by atoms with Crippen LogP contribution in [-0.4, -0.2) is 41.5 Å². The largest absolute Gasteiger partial charge is 0.454 e. The SMILES string of the molecule is C[C@@H](NC(=O)c1cccc([N+](=O)[O-])c1)C(=O)N(C)Cc1ccc2c(c1)OCO2. The number of benzene rings is 2. The summed E-state index contributed by atoms with van der Waals surface area (Å²) in [7, 11) is 1.63. The molecule has 0 fully saturated rings. The Morgan fingerprint density at radius 1 is 1.21 bits per heavy atom.